The maximum atomic E-state index is 5.99. The highest BCUT2D eigenvalue weighted by atomic mass is 16.5. The zero-order valence-corrected chi connectivity index (χ0v) is 10.5. The van der Waals surface area contributed by atoms with Crippen molar-refractivity contribution in [3.63, 3.8) is 0 Å². The third-order valence-electron chi connectivity index (χ3n) is 2.62. The first-order valence-corrected chi connectivity index (χ1v) is 5.87. The maximum Gasteiger partial charge on any atom is 0.0641 e. The van der Waals surface area contributed by atoms with Gasteiger partial charge in [0.2, 0.25) is 0 Å². The number of hydrogen-bond donors (Lipinski definition) is 1. The first-order valence-electron chi connectivity index (χ1n) is 5.87. The minimum absolute atomic E-state index is 0.748. The summed E-state index contributed by atoms with van der Waals surface area (Å²) in [5.41, 5.74) is 9.17. The highest BCUT2D eigenvalue weighted by Crippen LogP contribution is 2.23. The summed E-state index contributed by atoms with van der Waals surface area (Å²) in [6, 6.07) is 6.13. The zero-order valence-electron chi connectivity index (χ0n) is 10.5. The lowest BCUT2D eigenvalue weighted by atomic mass is 10.1. The molecule has 1 aromatic rings. The highest BCUT2D eigenvalue weighted by molar-refractivity contribution is 5.68. The molecule has 0 radical (unpaired) electrons. The van der Waals surface area contributed by atoms with E-state index >= 15 is 0 Å². The number of aryl methyl sites for hydroxylation is 1. The molecule has 0 aliphatic carbocycles. The monoisotopic (exact) mass is 222 g/mol. The number of likely N-dealkylation sites (N-methyl/N-ethyl adjacent to an activating group) is 1. The molecule has 1 rings (SSSR count). The van der Waals surface area contributed by atoms with Crippen molar-refractivity contribution in [1.29, 1.82) is 0 Å². The summed E-state index contributed by atoms with van der Waals surface area (Å²) in [6.45, 7) is 9.57. The summed E-state index contributed by atoms with van der Waals surface area (Å²) >= 11 is 0. The SMILES string of the molecule is CCOCCN(CC)c1cc(C)ccc1N. The second-order valence-electron chi connectivity index (χ2n) is 3.84. The number of ether oxygens (including phenoxy) is 1. The van der Waals surface area contributed by atoms with Crippen LogP contribution < -0.4 is 10.6 Å². The molecular formula is C13H22N2O. The van der Waals surface area contributed by atoms with Crippen LogP contribution in [0.4, 0.5) is 11.4 Å². The third kappa shape index (κ3) is 3.42. The standard InChI is InChI=1S/C13H22N2O/c1-4-15(8-9-16-5-2)13-10-11(3)6-7-12(13)14/h6-7,10H,4-5,8-9,14H2,1-3H3. The number of nitrogens with two attached hydrogens (primary N) is 1. The van der Waals surface area contributed by atoms with Gasteiger partial charge in [0.15, 0.2) is 0 Å². The second kappa shape index (κ2) is 6.38. The molecule has 0 heterocycles. The maximum absolute atomic E-state index is 5.99. The van der Waals surface area contributed by atoms with Crippen molar-refractivity contribution in [3.05, 3.63) is 23.8 Å². The van der Waals surface area contributed by atoms with Gasteiger partial charge in [-0.25, -0.2) is 0 Å². The number of rotatable bonds is 6. The van der Waals surface area contributed by atoms with Gasteiger partial charge < -0.3 is 15.4 Å². The van der Waals surface area contributed by atoms with Crippen LogP contribution in [0.5, 0.6) is 0 Å². The summed E-state index contributed by atoms with van der Waals surface area (Å²) in [7, 11) is 0. The van der Waals surface area contributed by atoms with Crippen LogP contribution in [0.3, 0.4) is 0 Å². The van der Waals surface area contributed by atoms with Gasteiger partial charge in [0, 0.05) is 19.7 Å². The van der Waals surface area contributed by atoms with Crippen molar-refractivity contribution in [2.75, 3.05) is 36.9 Å². The van der Waals surface area contributed by atoms with E-state index in [0.29, 0.717) is 0 Å². The Bertz CT molecular complexity index is 326. The molecule has 0 saturated heterocycles. The van der Waals surface area contributed by atoms with Crippen molar-refractivity contribution < 1.29 is 4.74 Å². The van der Waals surface area contributed by atoms with E-state index in [1.54, 1.807) is 0 Å². The molecule has 0 aromatic heterocycles. The van der Waals surface area contributed by atoms with Crippen LogP contribution >= 0.6 is 0 Å². The second-order valence-corrected chi connectivity index (χ2v) is 3.84. The van der Waals surface area contributed by atoms with E-state index in [-0.39, 0.29) is 0 Å². The van der Waals surface area contributed by atoms with Crippen LogP contribution in [0, 0.1) is 6.92 Å². The summed E-state index contributed by atoms with van der Waals surface area (Å²) in [4.78, 5) is 2.25. The first kappa shape index (κ1) is 12.8. The lowest BCUT2D eigenvalue weighted by Crippen LogP contribution is -2.28. The number of hydrogen-bond acceptors (Lipinski definition) is 3. The van der Waals surface area contributed by atoms with Gasteiger partial charge in [-0.05, 0) is 38.5 Å². The van der Waals surface area contributed by atoms with E-state index in [9.17, 15) is 0 Å². The fourth-order valence-corrected chi connectivity index (χ4v) is 1.70. The van der Waals surface area contributed by atoms with Gasteiger partial charge in [-0.15, -0.1) is 0 Å². The fourth-order valence-electron chi connectivity index (χ4n) is 1.70. The van der Waals surface area contributed by atoms with Crippen LogP contribution in [0.2, 0.25) is 0 Å². The Morgan fingerprint density at radius 1 is 1.31 bits per heavy atom. The van der Waals surface area contributed by atoms with Crippen molar-refractivity contribution in [1.82, 2.24) is 0 Å². The number of nitrogen functional groups attached to an aromatic ring is 1. The lowest BCUT2D eigenvalue weighted by Gasteiger charge is -2.24. The summed E-state index contributed by atoms with van der Waals surface area (Å²) in [6.07, 6.45) is 0. The van der Waals surface area contributed by atoms with Crippen molar-refractivity contribution in [3.8, 4) is 0 Å². The molecule has 3 nitrogen and oxygen atoms in total. The molecule has 0 saturated carbocycles. The lowest BCUT2D eigenvalue weighted by molar-refractivity contribution is 0.154. The van der Waals surface area contributed by atoms with Gasteiger partial charge in [-0.3, -0.25) is 0 Å². The van der Waals surface area contributed by atoms with Crippen LogP contribution in [0.15, 0.2) is 18.2 Å². The molecule has 1 aromatic carbocycles. The van der Waals surface area contributed by atoms with Crippen LogP contribution in [-0.2, 0) is 4.74 Å². The smallest absolute Gasteiger partial charge is 0.0641 e. The predicted molar refractivity (Wildman–Crippen MR) is 70.0 cm³/mol. The molecule has 16 heavy (non-hydrogen) atoms. The Hall–Kier alpha value is -1.22. The van der Waals surface area contributed by atoms with Gasteiger partial charge >= 0.3 is 0 Å². The highest BCUT2D eigenvalue weighted by Gasteiger charge is 2.07. The number of nitrogens with zero attached hydrogens (tertiary/aromatic N) is 1. The van der Waals surface area contributed by atoms with E-state index in [1.165, 1.54) is 5.56 Å². The van der Waals surface area contributed by atoms with E-state index in [0.717, 1.165) is 37.7 Å². The largest absolute Gasteiger partial charge is 0.397 e. The fraction of sp³-hybridized carbons (Fsp3) is 0.538. The molecule has 90 valence electrons. The summed E-state index contributed by atoms with van der Waals surface area (Å²) in [5.74, 6) is 0. The topological polar surface area (TPSA) is 38.5 Å². The van der Waals surface area contributed by atoms with E-state index in [4.69, 9.17) is 10.5 Å². The number of anilines is 2. The Labute approximate surface area is 98.2 Å². The van der Waals surface area contributed by atoms with Crippen molar-refractivity contribution in [2.24, 2.45) is 0 Å². The van der Waals surface area contributed by atoms with Gasteiger partial charge in [0.25, 0.3) is 0 Å². The Morgan fingerprint density at radius 3 is 2.69 bits per heavy atom. The predicted octanol–water partition coefficient (Wildman–Crippen LogP) is 2.44. The molecular weight excluding hydrogens is 200 g/mol. The molecule has 0 amide bonds. The van der Waals surface area contributed by atoms with Gasteiger partial charge in [-0.2, -0.15) is 0 Å². The molecule has 0 atom stereocenters. The Balaban J connectivity index is 2.73. The first-order chi connectivity index (χ1) is 7.69. The Kier molecular flexibility index (Phi) is 5.12. The van der Waals surface area contributed by atoms with Crippen molar-refractivity contribution >= 4 is 11.4 Å². The van der Waals surface area contributed by atoms with Gasteiger partial charge in [-0.1, -0.05) is 6.07 Å². The molecule has 0 unspecified atom stereocenters. The van der Waals surface area contributed by atoms with Crippen LogP contribution in [-0.4, -0.2) is 26.3 Å². The van der Waals surface area contributed by atoms with E-state index < -0.39 is 0 Å². The molecule has 3 heteroatoms. The van der Waals surface area contributed by atoms with E-state index in [1.807, 2.05) is 19.1 Å². The molecule has 2 N–H and O–H groups in total. The number of benzene rings is 1. The molecule has 0 bridgehead atoms. The normalized spacial score (nSPS) is 10.4. The molecule has 0 fully saturated rings. The third-order valence-corrected chi connectivity index (χ3v) is 2.62. The zero-order chi connectivity index (χ0) is 12.0. The Morgan fingerprint density at radius 2 is 2.06 bits per heavy atom. The van der Waals surface area contributed by atoms with Crippen LogP contribution in [0.25, 0.3) is 0 Å². The molecule has 0 aliphatic heterocycles. The van der Waals surface area contributed by atoms with Gasteiger partial charge in [0.1, 0.15) is 0 Å². The minimum Gasteiger partial charge on any atom is -0.397 e. The molecule has 0 aliphatic rings. The quantitative estimate of drug-likeness (QED) is 0.593. The van der Waals surface area contributed by atoms with E-state index in [2.05, 4.69) is 24.8 Å². The molecule has 0 spiro atoms. The average Bonchev–Trinajstić information content (AvgIpc) is 2.28. The average molecular weight is 222 g/mol. The summed E-state index contributed by atoms with van der Waals surface area (Å²) in [5, 5.41) is 0. The summed E-state index contributed by atoms with van der Waals surface area (Å²) < 4.78 is 5.37. The van der Waals surface area contributed by atoms with Gasteiger partial charge in [0.05, 0.1) is 18.0 Å². The van der Waals surface area contributed by atoms with Crippen LogP contribution in [0.1, 0.15) is 19.4 Å². The minimum atomic E-state index is 0.748. The van der Waals surface area contributed by atoms with Crippen molar-refractivity contribution in [2.45, 2.75) is 20.8 Å².